The maximum atomic E-state index is 3.45. The summed E-state index contributed by atoms with van der Waals surface area (Å²) in [6.45, 7) is 0. The minimum absolute atomic E-state index is 1.05. The molecule has 0 aliphatic rings. The summed E-state index contributed by atoms with van der Waals surface area (Å²) in [7, 11) is 0. The number of benzene rings is 3. The SMILES string of the molecule is [c]1c(-c2cccc3ccccc23)[nH]c2ccccc12. The van der Waals surface area contributed by atoms with Gasteiger partial charge in [-0.1, -0.05) is 60.7 Å². The van der Waals surface area contributed by atoms with Gasteiger partial charge in [-0.25, -0.2) is 0 Å². The molecule has 0 aliphatic heterocycles. The average Bonchev–Trinajstić information content (AvgIpc) is 2.90. The lowest BCUT2D eigenvalue weighted by atomic mass is 10.0. The molecule has 0 amide bonds. The van der Waals surface area contributed by atoms with Gasteiger partial charge in [-0.2, -0.15) is 0 Å². The molecule has 0 saturated carbocycles. The van der Waals surface area contributed by atoms with Crippen molar-refractivity contribution in [2.45, 2.75) is 0 Å². The van der Waals surface area contributed by atoms with Crippen LogP contribution in [0.25, 0.3) is 32.9 Å². The van der Waals surface area contributed by atoms with Crippen molar-refractivity contribution in [3.63, 3.8) is 0 Å². The molecule has 3 aromatic carbocycles. The second-order valence-electron chi connectivity index (χ2n) is 4.70. The zero-order valence-electron chi connectivity index (χ0n) is 10.4. The second-order valence-corrected chi connectivity index (χ2v) is 4.70. The van der Waals surface area contributed by atoms with Crippen molar-refractivity contribution in [1.29, 1.82) is 0 Å². The highest BCUT2D eigenvalue weighted by atomic mass is 14.7. The molecule has 1 nitrogen and oxygen atoms in total. The fourth-order valence-electron chi connectivity index (χ4n) is 2.58. The zero-order chi connectivity index (χ0) is 12.7. The fourth-order valence-corrected chi connectivity index (χ4v) is 2.58. The van der Waals surface area contributed by atoms with Gasteiger partial charge in [0.05, 0.1) is 5.69 Å². The Bertz CT molecular complexity index is 833. The number of fused-ring (bicyclic) bond motifs is 2. The molecule has 0 unspecified atom stereocenters. The number of H-pyrrole nitrogens is 1. The summed E-state index contributed by atoms with van der Waals surface area (Å²) in [6, 6.07) is 26.5. The molecular weight excluding hydrogens is 230 g/mol. The Morgan fingerprint density at radius 1 is 0.737 bits per heavy atom. The summed E-state index contributed by atoms with van der Waals surface area (Å²) < 4.78 is 0. The van der Waals surface area contributed by atoms with Gasteiger partial charge >= 0.3 is 0 Å². The lowest BCUT2D eigenvalue weighted by Gasteiger charge is -2.03. The van der Waals surface area contributed by atoms with Gasteiger partial charge < -0.3 is 4.98 Å². The van der Waals surface area contributed by atoms with E-state index in [-0.39, 0.29) is 0 Å². The molecule has 0 spiro atoms. The van der Waals surface area contributed by atoms with E-state index in [4.69, 9.17) is 0 Å². The topological polar surface area (TPSA) is 15.8 Å². The molecule has 0 fully saturated rings. The van der Waals surface area contributed by atoms with Crippen LogP contribution in [0.15, 0.2) is 66.7 Å². The van der Waals surface area contributed by atoms with Gasteiger partial charge in [0.2, 0.25) is 0 Å². The summed E-state index contributed by atoms with van der Waals surface area (Å²) in [6.07, 6.45) is 0. The molecule has 4 rings (SSSR count). The first-order valence-corrected chi connectivity index (χ1v) is 6.40. The van der Waals surface area contributed by atoms with Crippen LogP contribution in [-0.4, -0.2) is 4.98 Å². The smallest absolute Gasteiger partial charge is 0.0551 e. The molecule has 0 saturated heterocycles. The Hall–Kier alpha value is -2.54. The minimum atomic E-state index is 1.05. The van der Waals surface area contributed by atoms with E-state index in [9.17, 15) is 0 Å². The molecule has 89 valence electrons. The number of nitrogens with one attached hydrogen (secondary N) is 1. The number of hydrogen-bond donors (Lipinski definition) is 1. The molecule has 0 bridgehead atoms. The summed E-state index contributed by atoms with van der Waals surface area (Å²) in [5, 5.41) is 3.64. The quantitative estimate of drug-likeness (QED) is 0.494. The fraction of sp³-hybridized carbons (Fsp3) is 0. The third kappa shape index (κ3) is 1.63. The van der Waals surface area contributed by atoms with Crippen LogP contribution in [0, 0.1) is 6.07 Å². The first kappa shape index (κ1) is 10.4. The molecule has 1 N–H and O–H groups in total. The van der Waals surface area contributed by atoms with Crippen molar-refractivity contribution < 1.29 is 0 Å². The van der Waals surface area contributed by atoms with E-state index in [1.165, 1.54) is 16.3 Å². The summed E-state index contributed by atoms with van der Waals surface area (Å²) >= 11 is 0. The van der Waals surface area contributed by atoms with Crippen LogP contribution in [-0.2, 0) is 0 Å². The zero-order valence-corrected chi connectivity index (χ0v) is 10.4. The predicted molar refractivity (Wildman–Crippen MR) is 80.1 cm³/mol. The van der Waals surface area contributed by atoms with Crippen LogP contribution in [0.2, 0.25) is 0 Å². The van der Waals surface area contributed by atoms with E-state index in [2.05, 4.69) is 65.6 Å². The third-order valence-electron chi connectivity index (χ3n) is 3.51. The normalized spacial score (nSPS) is 11.2. The van der Waals surface area contributed by atoms with E-state index in [0.29, 0.717) is 0 Å². The van der Waals surface area contributed by atoms with Crippen molar-refractivity contribution in [2.75, 3.05) is 0 Å². The van der Waals surface area contributed by atoms with Crippen LogP contribution in [0.3, 0.4) is 0 Å². The van der Waals surface area contributed by atoms with E-state index >= 15 is 0 Å². The van der Waals surface area contributed by atoms with Crippen LogP contribution >= 0.6 is 0 Å². The molecule has 1 radical (unpaired) electrons. The molecule has 1 heteroatoms. The van der Waals surface area contributed by atoms with Gasteiger partial charge in [0, 0.05) is 22.5 Å². The van der Waals surface area contributed by atoms with Crippen LogP contribution in [0.4, 0.5) is 0 Å². The number of rotatable bonds is 1. The van der Waals surface area contributed by atoms with Gasteiger partial charge in [0.1, 0.15) is 0 Å². The average molecular weight is 242 g/mol. The highest BCUT2D eigenvalue weighted by molar-refractivity contribution is 5.98. The van der Waals surface area contributed by atoms with E-state index in [1.807, 2.05) is 12.1 Å². The third-order valence-corrected chi connectivity index (χ3v) is 3.51. The van der Waals surface area contributed by atoms with Crippen LogP contribution < -0.4 is 0 Å². The molecular formula is C18H12N. The van der Waals surface area contributed by atoms with Gasteiger partial charge in [0.25, 0.3) is 0 Å². The second kappa shape index (κ2) is 3.99. The molecule has 19 heavy (non-hydrogen) atoms. The first-order chi connectivity index (χ1) is 9.42. The van der Waals surface area contributed by atoms with E-state index in [0.717, 1.165) is 16.6 Å². The summed E-state index contributed by atoms with van der Waals surface area (Å²) in [5.41, 5.74) is 3.39. The maximum absolute atomic E-state index is 3.45. The summed E-state index contributed by atoms with van der Waals surface area (Å²) in [4.78, 5) is 3.45. The molecule has 0 atom stereocenters. The van der Waals surface area contributed by atoms with Crippen LogP contribution in [0.1, 0.15) is 0 Å². The van der Waals surface area contributed by atoms with Crippen molar-refractivity contribution in [2.24, 2.45) is 0 Å². The predicted octanol–water partition coefficient (Wildman–Crippen LogP) is 4.79. The Balaban J connectivity index is 2.03. The number of aromatic nitrogens is 1. The van der Waals surface area contributed by atoms with Crippen LogP contribution in [0.5, 0.6) is 0 Å². The molecule has 0 aliphatic carbocycles. The number of hydrogen-bond acceptors (Lipinski definition) is 0. The Morgan fingerprint density at radius 2 is 1.53 bits per heavy atom. The summed E-state index contributed by atoms with van der Waals surface area (Å²) in [5.74, 6) is 0. The van der Waals surface area contributed by atoms with Crippen molar-refractivity contribution in [3.8, 4) is 11.3 Å². The van der Waals surface area contributed by atoms with Gasteiger partial charge in [-0.3, -0.25) is 0 Å². The lowest BCUT2D eigenvalue weighted by molar-refractivity contribution is 1.46. The standard InChI is InChI=1S/C18H12N/c1-3-9-15-13(6-1)8-5-10-16(15)18-12-14-7-2-4-11-17(14)19-18/h1-11,19H. The van der Waals surface area contributed by atoms with E-state index < -0.39 is 0 Å². The minimum Gasteiger partial charge on any atom is -0.354 e. The first-order valence-electron chi connectivity index (χ1n) is 6.40. The Labute approximate surface area is 111 Å². The van der Waals surface area contributed by atoms with E-state index in [1.54, 1.807) is 0 Å². The number of aromatic amines is 1. The van der Waals surface area contributed by atoms with Crippen molar-refractivity contribution >= 4 is 21.7 Å². The molecule has 4 aromatic rings. The van der Waals surface area contributed by atoms with Gasteiger partial charge in [-0.05, 0) is 16.8 Å². The Morgan fingerprint density at radius 3 is 2.47 bits per heavy atom. The van der Waals surface area contributed by atoms with Gasteiger partial charge in [-0.15, -0.1) is 0 Å². The monoisotopic (exact) mass is 242 g/mol. The van der Waals surface area contributed by atoms with Crippen molar-refractivity contribution in [3.05, 3.63) is 72.8 Å². The Kier molecular flexibility index (Phi) is 2.18. The molecule has 1 aromatic heterocycles. The maximum Gasteiger partial charge on any atom is 0.0551 e. The number of para-hydroxylation sites is 1. The van der Waals surface area contributed by atoms with Crippen molar-refractivity contribution in [1.82, 2.24) is 4.98 Å². The lowest BCUT2D eigenvalue weighted by Crippen LogP contribution is -1.80. The largest absolute Gasteiger partial charge is 0.354 e. The van der Waals surface area contributed by atoms with Gasteiger partial charge in [0.15, 0.2) is 0 Å². The highest BCUT2D eigenvalue weighted by Gasteiger charge is 2.06. The highest BCUT2D eigenvalue weighted by Crippen LogP contribution is 2.29. The molecule has 1 heterocycles.